The predicted molar refractivity (Wildman–Crippen MR) is 98.6 cm³/mol. The van der Waals surface area contributed by atoms with Crippen LogP contribution < -0.4 is 4.74 Å². The van der Waals surface area contributed by atoms with Gasteiger partial charge < -0.3 is 14.5 Å². The summed E-state index contributed by atoms with van der Waals surface area (Å²) in [6, 6.07) is 7.86. The average Bonchev–Trinajstić information content (AvgIpc) is 2.58. The van der Waals surface area contributed by atoms with Crippen molar-refractivity contribution in [2.75, 3.05) is 33.8 Å². The van der Waals surface area contributed by atoms with Crippen molar-refractivity contribution in [2.24, 2.45) is 5.92 Å². The molecule has 0 bridgehead atoms. The summed E-state index contributed by atoms with van der Waals surface area (Å²) in [7, 11) is 3.56. The van der Waals surface area contributed by atoms with E-state index in [0.29, 0.717) is 13.1 Å². The Hall–Kier alpha value is -2.04. The van der Waals surface area contributed by atoms with E-state index in [-0.39, 0.29) is 29.8 Å². The van der Waals surface area contributed by atoms with Crippen LogP contribution in [0.4, 0.5) is 0 Å². The maximum Gasteiger partial charge on any atom is 0.260 e. The molecule has 1 aromatic rings. The highest BCUT2D eigenvalue weighted by Crippen LogP contribution is 2.31. The molecule has 1 saturated heterocycles. The van der Waals surface area contributed by atoms with Crippen LogP contribution in [0.5, 0.6) is 5.75 Å². The van der Waals surface area contributed by atoms with Gasteiger partial charge >= 0.3 is 0 Å². The lowest BCUT2D eigenvalue weighted by Crippen LogP contribution is -2.44. The summed E-state index contributed by atoms with van der Waals surface area (Å²) in [6.07, 6.45) is 1.45. The number of likely N-dealkylation sites (tertiary alicyclic amines) is 1. The van der Waals surface area contributed by atoms with Crippen molar-refractivity contribution in [1.29, 1.82) is 0 Å². The number of rotatable bonds is 4. The molecular formula is C20H30N2O3. The number of para-hydroxylation sites is 1. The molecule has 5 nitrogen and oxygen atoms in total. The van der Waals surface area contributed by atoms with Crippen LogP contribution in [-0.2, 0) is 15.0 Å². The third-order valence-electron chi connectivity index (χ3n) is 4.68. The van der Waals surface area contributed by atoms with Crippen molar-refractivity contribution in [3.05, 3.63) is 29.8 Å². The van der Waals surface area contributed by atoms with Gasteiger partial charge in [-0.3, -0.25) is 9.59 Å². The van der Waals surface area contributed by atoms with Crippen molar-refractivity contribution >= 4 is 11.8 Å². The molecule has 1 aliphatic heterocycles. The van der Waals surface area contributed by atoms with Gasteiger partial charge in [0.2, 0.25) is 5.91 Å². The van der Waals surface area contributed by atoms with Gasteiger partial charge in [0.25, 0.3) is 5.91 Å². The first-order valence-electron chi connectivity index (χ1n) is 8.91. The van der Waals surface area contributed by atoms with Crippen LogP contribution in [0.1, 0.15) is 39.2 Å². The van der Waals surface area contributed by atoms with E-state index in [0.717, 1.165) is 24.2 Å². The first-order valence-corrected chi connectivity index (χ1v) is 8.91. The lowest BCUT2D eigenvalue weighted by Gasteiger charge is -2.32. The molecular weight excluding hydrogens is 316 g/mol. The zero-order chi connectivity index (χ0) is 18.6. The summed E-state index contributed by atoms with van der Waals surface area (Å²) in [5.74, 6) is 0.935. The highest BCUT2D eigenvalue weighted by molar-refractivity contribution is 5.80. The number of amides is 2. The Morgan fingerprint density at radius 3 is 2.32 bits per heavy atom. The smallest absolute Gasteiger partial charge is 0.260 e. The molecule has 1 heterocycles. The molecule has 1 aliphatic rings. The van der Waals surface area contributed by atoms with Crippen LogP contribution in [0.15, 0.2) is 24.3 Å². The molecule has 0 unspecified atom stereocenters. The third-order valence-corrected chi connectivity index (χ3v) is 4.68. The summed E-state index contributed by atoms with van der Waals surface area (Å²) in [6.45, 7) is 7.66. The van der Waals surface area contributed by atoms with Crippen molar-refractivity contribution in [1.82, 2.24) is 9.80 Å². The highest BCUT2D eigenvalue weighted by Gasteiger charge is 2.28. The zero-order valence-corrected chi connectivity index (χ0v) is 16.0. The Labute approximate surface area is 150 Å². The fraction of sp³-hybridized carbons (Fsp3) is 0.600. The van der Waals surface area contributed by atoms with Gasteiger partial charge in [0.1, 0.15) is 5.75 Å². The Morgan fingerprint density at radius 2 is 1.76 bits per heavy atom. The summed E-state index contributed by atoms with van der Waals surface area (Å²) < 4.78 is 5.82. The van der Waals surface area contributed by atoms with Crippen LogP contribution in [-0.4, -0.2) is 55.4 Å². The van der Waals surface area contributed by atoms with E-state index in [2.05, 4.69) is 20.8 Å². The Balaban J connectivity index is 1.89. The van der Waals surface area contributed by atoms with E-state index in [1.54, 1.807) is 23.9 Å². The largest absolute Gasteiger partial charge is 0.483 e. The molecule has 2 amide bonds. The lowest BCUT2D eigenvalue weighted by atomic mass is 9.86. The molecule has 0 radical (unpaired) electrons. The first kappa shape index (κ1) is 19.3. The van der Waals surface area contributed by atoms with E-state index in [9.17, 15) is 9.59 Å². The Morgan fingerprint density at radius 1 is 1.16 bits per heavy atom. The van der Waals surface area contributed by atoms with Crippen molar-refractivity contribution < 1.29 is 14.3 Å². The van der Waals surface area contributed by atoms with Crippen LogP contribution in [0, 0.1) is 5.92 Å². The van der Waals surface area contributed by atoms with Gasteiger partial charge in [0.15, 0.2) is 6.61 Å². The molecule has 0 aliphatic carbocycles. The quantitative estimate of drug-likeness (QED) is 0.842. The summed E-state index contributed by atoms with van der Waals surface area (Å²) in [5, 5.41) is 0. The molecule has 138 valence electrons. The van der Waals surface area contributed by atoms with Crippen LogP contribution in [0.25, 0.3) is 0 Å². The molecule has 0 atom stereocenters. The predicted octanol–water partition coefficient (Wildman–Crippen LogP) is 2.69. The van der Waals surface area contributed by atoms with Crippen LogP contribution in [0.2, 0.25) is 0 Å². The number of carbonyl (C=O) groups is 2. The Kier molecular flexibility index (Phi) is 6.09. The minimum absolute atomic E-state index is 0.0144. The van der Waals surface area contributed by atoms with Crippen LogP contribution >= 0.6 is 0 Å². The van der Waals surface area contributed by atoms with Gasteiger partial charge in [-0.25, -0.2) is 0 Å². The molecule has 0 aromatic heterocycles. The molecule has 5 heteroatoms. The summed E-state index contributed by atoms with van der Waals surface area (Å²) in [5.41, 5.74) is 1.06. The lowest BCUT2D eigenvalue weighted by molar-refractivity contribution is -0.140. The second-order valence-corrected chi connectivity index (χ2v) is 7.92. The number of ether oxygens (including phenoxy) is 1. The van der Waals surface area contributed by atoms with Crippen molar-refractivity contribution in [3.8, 4) is 5.75 Å². The monoisotopic (exact) mass is 346 g/mol. The molecule has 0 saturated carbocycles. The second kappa shape index (κ2) is 7.89. The van der Waals surface area contributed by atoms with E-state index in [1.807, 2.05) is 24.3 Å². The number of benzene rings is 1. The van der Waals surface area contributed by atoms with E-state index in [1.165, 1.54) is 0 Å². The second-order valence-electron chi connectivity index (χ2n) is 7.92. The number of hydrogen-bond acceptors (Lipinski definition) is 3. The van der Waals surface area contributed by atoms with Gasteiger partial charge in [-0.2, -0.15) is 0 Å². The topological polar surface area (TPSA) is 49.9 Å². The summed E-state index contributed by atoms with van der Waals surface area (Å²) in [4.78, 5) is 27.9. The van der Waals surface area contributed by atoms with E-state index >= 15 is 0 Å². The molecule has 1 aromatic carbocycles. The van der Waals surface area contributed by atoms with Gasteiger partial charge in [0, 0.05) is 33.1 Å². The Bertz CT molecular complexity index is 612. The molecule has 1 fully saturated rings. The van der Waals surface area contributed by atoms with Crippen molar-refractivity contribution in [3.63, 3.8) is 0 Å². The fourth-order valence-corrected chi connectivity index (χ4v) is 3.18. The number of nitrogens with zero attached hydrogens (tertiary/aromatic N) is 2. The van der Waals surface area contributed by atoms with Gasteiger partial charge in [-0.15, -0.1) is 0 Å². The number of hydrogen-bond donors (Lipinski definition) is 0. The number of carbonyl (C=O) groups excluding carboxylic acids is 2. The molecule has 0 spiro atoms. The summed E-state index contributed by atoms with van der Waals surface area (Å²) >= 11 is 0. The fourth-order valence-electron chi connectivity index (χ4n) is 3.18. The van der Waals surface area contributed by atoms with Gasteiger partial charge in [0.05, 0.1) is 0 Å². The zero-order valence-electron chi connectivity index (χ0n) is 16.0. The maximum absolute atomic E-state index is 12.4. The third kappa shape index (κ3) is 4.97. The van der Waals surface area contributed by atoms with E-state index in [4.69, 9.17) is 4.74 Å². The average molecular weight is 346 g/mol. The molecule has 25 heavy (non-hydrogen) atoms. The SMILES string of the molecule is CN(C)C(=O)C1CCN(C(=O)COc2ccccc2C(C)(C)C)CC1. The van der Waals surface area contributed by atoms with E-state index < -0.39 is 0 Å². The molecule has 2 rings (SSSR count). The maximum atomic E-state index is 12.4. The minimum Gasteiger partial charge on any atom is -0.483 e. The standard InChI is InChI=1S/C20H30N2O3/c1-20(2,3)16-8-6-7-9-17(16)25-14-18(23)22-12-10-15(11-13-22)19(24)21(4)5/h6-9,15H,10-14H2,1-5H3. The highest BCUT2D eigenvalue weighted by atomic mass is 16.5. The van der Waals surface area contributed by atoms with Crippen LogP contribution in [0.3, 0.4) is 0 Å². The number of piperidine rings is 1. The normalized spacial score (nSPS) is 15.8. The van der Waals surface area contributed by atoms with Crippen molar-refractivity contribution in [2.45, 2.75) is 39.0 Å². The minimum atomic E-state index is -0.0372. The van der Waals surface area contributed by atoms with Gasteiger partial charge in [-0.1, -0.05) is 39.0 Å². The first-order chi connectivity index (χ1) is 11.7. The molecule has 0 N–H and O–H groups in total. The van der Waals surface area contributed by atoms with Gasteiger partial charge in [-0.05, 0) is 29.9 Å².